The van der Waals surface area contributed by atoms with Crippen molar-refractivity contribution < 1.29 is 13.9 Å². The molecule has 0 aliphatic rings. The van der Waals surface area contributed by atoms with Crippen LogP contribution in [-0.2, 0) is 9.53 Å². The van der Waals surface area contributed by atoms with E-state index in [0.717, 1.165) is 0 Å². The first-order valence-electron chi connectivity index (χ1n) is 2.63. The van der Waals surface area contributed by atoms with E-state index >= 15 is 0 Å². The van der Waals surface area contributed by atoms with Crippen LogP contribution < -0.4 is 0 Å². The maximum absolute atomic E-state index is 11.6. The van der Waals surface area contributed by atoms with Crippen LogP contribution >= 0.6 is 0 Å². The van der Waals surface area contributed by atoms with Crippen LogP contribution in [0.2, 0.25) is 0 Å². The SMILES string of the molecule is CCC(=CF)C(=O)OC. The van der Waals surface area contributed by atoms with E-state index in [9.17, 15) is 9.18 Å². The highest BCUT2D eigenvalue weighted by Gasteiger charge is 2.05. The number of carbonyl (C=O) groups is 1. The highest BCUT2D eigenvalue weighted by Crippen LogP contribution is 2.01. The van der Waals surface area contributed by atoms with Gasteiger partial charge in [0.05, 0.1) is 19.0 Å². The molecule has 2 nitrogen and oxygen atoms in total. The number of halogens is 1. The van der Waals surface area contributed by atoms with Gasteiger partial charge >= 0.3 is 5.97 Å². The van der Waals surface area contributed by atoms with Crippen molar-refractivity contribution >= 4 is 5.97 Å². The molecule has 0 spiro atoms. The fraction of sp³-hybridized carbons (Fsp3) is 0.500. The number of esters is 1. The third kappa shape index (κ3) is 2.26. The average Bonchev–Trinajstić information content (AvgIpc) is 1.90. The third-order valence-electron chi connectivity index (χ3n) is 0.960. The summed E-state index contributed by atoms with van der Waals surface area (Å²) < 4.78 is 15.9. The van der Waals surface area contributed by atoms with E-state index in [0.29, 0.717) is 6.42 Å². The lowest BCUT2D eigenvalue weighted by atomic mass is 10.2. The zero-order valence-corrected chi connectivity index (χ0v) is 5.48. The molecule has 0 radical (unpaired) electrons. The maximum atomic E-state index is 11.6. The van der Waals surface area contributed by atoms with Gasteiger partial charge < -0.3 is 4.74 Å². The Hall–Kier alpha value is -0.860. The van der Waals surface area contributed by atoms with Crippen LogP contribution in [0.15, 0.2) is 11.9 Å². The highest BCUT2D eigenvalue weighted by atomic mass is 19.1. The van der Waals surface area contributed by atoms with Gasteiger partial charge in [0.15, 0.2) is 0 Å². The summed E-state index contributed by atoms with van der Waals surface area (Å²) in [5, 5.41) is 0. The molecule has 0 aliphatic carbocycles. The topological polar surface area (TPSA) is 26.3 Å². The van der Waals surface area contributed by atoms with Crippen LogP contribution in [0.25, 0.3) is 0 Å². The summed E-state index contributed by atoms with van der Waals surface area (Å²) in [6.45, 7) is 1.68. The first-order chi connectivity index (χ1) is 4.26. The molecular weight excluding hydrogens is 123 g/mol. The minimum absolute atomic E-state index is 0.0671. The van der Waals surface area contributed by atoms with E-state index in [1.807, 2.05) is 0 Å². The Morgan fingerprint density at radius 2 is 2.33 bits per heavy atom. The number of hydrogen-bond donors (Lipinski definition) is 0. The quantitative estimate of drug-likeness (QED) is 0.419. The summed E-state index contributed by atoms with van der Waals surface area (Å²) in [5.41, 5.74) is 0.0671. The molecule has 0 rings (SSSR count). The normalized spacial score (nSPS) is 11.2. The van der Waals surface area contributed by atoms with Crippen LogP contribution in [0.1, 0.15) is 13.3 Å². The second-order valence-corrected chi connectivity index (χ2v) is 1.48. The molecule has 0 N–H and O–H groups in total. The minimum atomic E-state index is -0.597. The predicted octanol–water partition coefficient (Wildman–Crippen LogP) is 1.42. The summed E-state index contributed by atoms with van der Waals surface area (Å²) in [7, 11) is 1.22. The van der Waals surface area contributed by atoms with Crippen LogP contribution in [0.5, 0.6) is 0 Å². The monoisotopic (exact) mass is 132 g/mol. The molecule has 52 valence electrons. The van der Waals surface area contributed by atoms with Gasteiger partial charge in [-0.05, 0) is 6.42 Å². The van der Waals surface area contributed by atoms with E-state index in [2.05, 4.69) is 4.74 Å². The molecule has 0 atom stereocenters. The largest absolute Gasteiger partial charge is 0.466 e. The van der Waals surface area contributed by atoms with Crippen LogP contribution in [0, 0.1) is 0 Å². The molecule has 0 bridgehead atoms. The molecule has 0 aromatic carbocycles. The summed E-state index contributed by atoms with van der Waals surface area (Å²) in [4.78, 5) is 10.4. The van der Waals surface area contributed by atoms with Gasteiger partial charge in [-0.3, -0.25) is 0 Å². The van der Waals surface area contributed by atoms with Gasteiger partial charge in [-0.2, -0.15) is 0 Å². The number of ether oxygens (including phenoxy) is 1. The number of rotatable bonds is 2. The molecule has 3 heteroatoms. The molecule has 0 saturated carbocycles. The second kappa shape index (κ2) is 4.06. The van der Waals surface area contributed by atoms with Crippen molar-refractivity contribution in [1.29, 1.82) is 0 Å². The maximum Gasteiger partial charge on any atom is 0.336 e. The predicted molar refractivity (Wildman–Crippen MR) is 31.5 cm³/mol. The molecule has 0 heterocycles. The van der Waals surface area contributed by atoms with Crippen molar-refractivity contribution in [2.75, 3.05) is 7.11 Å². The molecule has 0 fully saturated rings. The second-order valence-electron chi connectivity index (χ2n) is 1.48. The summed E-state index contributed by atoms with van der Waals surface area (Å²) in [6.07, 6.45) is 0.634. The van der Waals surface area contributed by atoms with E-state index in [4.69, 9.17) is 0 Å². The molecule has 0 amide bonds. The first kappa shape index (κ1) is 8.14. The van der Waals surface area contributed by atoms with Crippen molar-refractivity contribution in [2.24, 2.45) is 0 Å². The Bertz CT molecular complexity index is 129. The summed E-state index contributed by atoms with van der Waals surface area (Å²) >= 11 is 0. The van der Waals surface area contributed by atoms with E-state index in [-0.39, 0.29) is 11.9 Å². The Morgan fingerprint density at radius 1 is 1.78 bits per heavy atom. The number of carbonyl (C=O) groups excluding carboxylic acids is 1. The molecule has 9 heavy (non-hydrogen) atoms. The number of methoxy groups -OCH3 is 1. The van der Waals surface area contributed by atoms with Crippen molar-refractivity contribution in [2.45, 2.75) is 13.3 Å². The number of hydrogen-bond acceptors (Lipinski definition) is 2. The van der Waals surface area contributed by atoms with Crippen molar-refractivity contribution in [3.63, 3.8) is 0 Å². The third-order valence-corrected chi connectivity index (χ3v) is 0.960. The molecule has 0 aliphatic heterocycles. The standard InChI is InChI=1S/C6H9FO2/c1-3-5(4-7)6(8)9-2/h4H,3H2,1-2H3. The Kier molecular flexibility index (Phi) is 3.67. The fourth-order valence-corrected chi connectivity index (χ4v) is 0.397. The van der Waals surface area contributed by atoms with Crippen molar-refractivity contribution in [1.82, 2.24) is 0 Å². The lowest BCUT2D eigenvalue weighted by Crippen LogP contribution is -2.02. The van der Waals surface area contributed by atoms with Gasteiger partial charge in [-0.15, -0.1) is 0 Å². The van der Waals surface area contributed by atoms with Crippen LogP contribution in [0.4, 0.5) is 4.39 Å². The van der Waals surface area contributed by atoms with Crippen LogP contribution in [-0.4, -0.2) is 13.1 Å². The smallest absolute Gasteiger partial charge is 0.336 e. The van der Waals surface area contributed by atoms with Gasteiger partial charge in [0.2, 0.25) is 0 Å². The van der Waals surface area contributed by atoms with Gasteiger partial charge in [0.25, 0.3) is 0 Å². The van der Waals surface area contributed by atoms with E-state index < -0.39 is 5.97 Å². The Morgan fingerprint density at radius 3 is 2.44 bits per heavy atom. The molecular formula is C6H9FO2. The Balaban J connectivity index is 3.97. The van der Waals surface area contributed by atoms with Crippen LogP contribution in [0.3, 0.4) is 0 Å². The summed E-state index contributed by atoms with van der Waals surface area (Å²) in [5.74, 6) is -0.597. The van der Waals surface area contributed by atoms with Gasteiger partial charge in [-0.1, -0.05) is 6.92 Å². The molecule has 0 aromatic rings. The zero-order chi connectivity index (χ0) is 7.28. The Labute approximate surface area is 53.3 Å². The van der Waals surface area contributed by atoms with Crippen molar-refractivity contribution in [3.05, 3.63) is 11.9 Å². The lowest BCUT2D eigenvalue weighted by molar-refractivity contribution is -0.136. The molecule has 0 unspecified atom stereocenters. The summed E-state index contributed by atoms with van der Waals surface area (Å²) in [6, 6.07) is 0. The molecule has 0 saturated heterocycles. The van der Waals surface area contributed by atoms with Crippen molar-refractivity contribution in [3.8, 4) is 0 Å². The van der Waals surface area contributed by atoms with Gasteiger partial charge in [-0.25, -0.2) is 9.18 Å². The van der Waals surface area contributed by atoms with Gasteiger partial charge in [0, 0.05) is 0 Å². The highest BCUT2D eigenvalue weighted by molar-refractivity contribution is 5.87. The fourth-order valence-electron chi connectivity index (χ4n) is 0.397. The average molecular weight is 132 g/mol. The lowest BCUT2D eigenvalue weighted by Gasteiger charge is -1.96. The minimum Gasteiger partial charge on any atom is -0.466 e. The van der Waals surface area contributed by atoms with Gasteiger partial charge in [0.1, 0.15) is 0 Å². The molecule has 0 aromatic heterocycles. The zero-order valence-electron chi connectivity index (χ0n) is 5.48. The van der Waals surface area contributed by atoms with E-state index in [1.54, 1.807) is 6.92 Å². The van der Waals surface area contributed by atoms with E-state index in [1.165, 1.54) is 7.11 Å². The first-order valence-corrected chi connectivity index (χ1v) is 2.63.